The Hall–Kier alpha value is -2.05. The number of morpholine rings is 1. The second kappa shape index (κ2) is 6.35. The van der Waals surface area contributed by atoms with Crippen LogP contribution in [0.25, 0.3) is 0 Å². The van der Waals surface area contributed by atoms with Crippen molar-refractivity contribution in [2.24, 2.45) is 0 Å². The van der Waals surface area contributed by atoms with Crippen molar-refractivity contribution in [3.8, 4) is 0 Å². The number of rotatable bonds is 3. The number of fused-ring (bicyclic) bond motifs is 1. The van der Waals surface area contributed by atoms with Gasteiger partial charge in [-0.25, -0.2) is 8.42 Å². The van der Waals surface area contributed by atoms with Crippen molar-refractivity contribution >= 4 is 21.4 Å². The van der Waals surface area contributed by atoms with E-state index in [2.05, 4.69) is 11.0 Å². The van der Waals surface area contributed by atoms with Gasteiger partial charge in [0.1, 0.15) is 0 Å². The topological polar surface area (TPSA) is 49.9 Å². The molecule has 0 radical (unpaired) electrons. The van der Waals surface area contributed by atoms with Gasteiger partial charge in [-0.3, -0.25) is 4.31 Å². The summed E-state index contributed by atoms with van der Waals surface area (Å²) in [6, 6.07) is 13.2. The van der Waals surface area contributed by atoms with Gasteiger partial charge in [0.25, 0.3) is 10.0 Å². The van der Waals surface area contributed by atoms with Gasteiger partial charge < -0.3 is 9.64 Å². The summed E-state index contributed by atoms with van der Waals surface area (Å²) in [6.45, 7) is 5.65. The summed E-state index contributed by atoms with van der Waals surface area (Å²) in [4.78, 5) is 2.65. The average molecular weight is 358 g/mol. The van der Waals surface area contributed by atoms with Crippen LogP contribution in [0.2, 0.25) is 0 Å². The zero-order valence-electron chi connectivity index (χ0n) is 14.3. The van der Waals surface area contributed by atoms with E-state index in [4.69, 9.17) is 4.74 Å². The monoisotopic (exact) mass is 358 g/mol. The molecule has 132 valence electrons. The third kappa shape index (κ3) is 3.00. The van der Waals surface area contributed by atoms with Crippen molar-refractivity contribution in [1.82, 2.24) is 0 Å². The lowest BCUT2D eigenvalue weighted by molar-refractivity contribution is 0.122. The molecule has 0 atom stereocenters. The first-order chi connectivity index (χ1) is 12.1. The zero-order chi connectivity index (χ0) is 17.4. The number of sulfonamides is 1. The molecule has 2 heterocycles. The minimum Gasteiger partial charge on any atom is -0.378 e. The fourth-order valence-electron chi connectivity index (χ4n) is 3.53. The Balaban J connectivity index is 1.65. The lowest BCUT2D eigenvalue weighted by Gasteiger charge is -2.29. The van der Waals surface area contributed by atoms with E-state index in [0.29, 0.717) is 11.4 Å². The van der Waals surface area contributed by atoms with Crippen LogP contribution in [0.1, 0.15) is 11.1 Å². The number of nitrogens with zero attached hydrogens (tertiary/aromatic N) is 2. The van der Waals surface area contributed by atoms with E-state index < -0.39 is 10.0 Å². The highest BCUT2D eigenvalue weighted by molar-refractivity contribution is 7.92. The summed E-state index contributed by atoms with van der Waals surface area (Å²) in [5.41, 5.74) is 4.00. The van der Waals surface area contributed by atoms with Gasteiger partial charge in [-0.1, -0.05) is 12.1 Å². The molecule has 0 bridgehead atoms. The number of hydrogen-bond acceptors (Lipinski definition) is 4. The minimum absolute atomic E-state index is 0.359. The molecule has 1 fully saturated rings. The van der Waals surface area contributed by atoms with Crippen LogP contribution < -0.4 is 9.21 Å². The fraction of sp³-hybridized carbons (Fsp3) is 0.368. The summed E-state index contributed by atoms with van der Waals surface area (Å²) in [7, 11) is -3.51. The molecule has 0 aromatic heterocycles. The van der Waals surface area contributed by atoms with Crippen LogP contribution in [0, 0.1) is 6.92 Å². The number of anilines is 2. The Kier molecular flexibility index (Phi) is 4.17. The molecule has 2 aromatic carbocycles. The standard InChI is InChI=1S/C19H22N2O3S/c1-15-3-2-4-18(13-15)25(22,23)21-8-7-16-14-17(5-6-19(16)21)20-9-11-24-12-10-20/h2-6,13-14H,7-12H2,1H3. The maximum Gasteiger partial charge on any atom is 0.264 e. The number of ether oxygens (including phenoxy) is 1. The second-order valence-corrected chi connectivity index (χ2v) is 8.42. The first-order valence-corrected chi connectivity index (χ1v) is 10.0. The first kappa shape index (κ1) is 16.4. The molecule has 6 heteroatoms. The van der Waals surface area contributed by atoms with Gasteiger partial charge in [0.2, 0.25) is 0 Å². The van der Waals surface area contributed by atoms with E-state index in [9.17, 15) is 8.42 Å². The van der Waals surface area contributed by atoms with Crippen LogP contribution in [-0.4, -0.2) is 41.3 Å². The van der Waals surface area contributed by atoms with Crippen LogP contribution in [0.3, 0.4) is 0 Å². The van der Waals surface area contributed by atoms with Crippen molar-refractivity contribution in [1.29, 1.82) is 0 Å². The maximum atomic E-state index is 13.0. The van der Waals surface area contributed by atoms with Crippen molar-refractivity contribution in [3.63, 3.8) is 0 Å². The normalized spacial score (nSPS) is 17.6. The Labute approximate surface area is 148 Å². The van der Waals surface area contributed by atoms with Crippen LogP contribution in [0.15, 0.2) is 47.4 Å². The van der Waals surface area contributed by atoms with Crippen LogP contribution in [0.4, 0.5) is 11.4 Å². The summed E-state index contributed by atoms with van der Waals surface area (Å²) in [5, 5.41) is 0. The molecular weight excluding hydrogens is 336 g/mol. The Morgan fingerprint density at radius 1 is 1.00 bits per heavy atom. The third-order valence-electron chi connectivity index (χ3n) is 4.87. The molecule has 1 saturated heterocycles. The van der Waals surface area contributed by atoms with Gasteiger partial charge in [0, 0.05) is 25.3 Å². The van der Waals surface area contributed by atoms with E-state index in [0.717, 1.165) is 55.2 Å². The minimum atomic E-state index is -3.51. The Bertz CT molecular complexity index is 889. The molecule has 4 rings (SSSR count). The van der Waals surface area contributed by atoms with Gasteiger partial charge in [0.05, 0.1) is 23.8 Å². The molecule has 0 saturated carbocycles. The van der Waals surface area contributed by atoms with Crippen molar-refractivity contribution in [2.45, 2.75) is 18.2 Å². The predicted molar refractivity (Wildman–Crippen MR) is 98.9 cm³/mol. The summed E-state index contributed by atoms with van der Waals surface area (Å²) in [6.07, 6.45) is 0.749. The molecule has 2 aromatic rings. The first-order valence-electron chi connectivity index (χ1n) is 8.61. The lowest BCUT2D eigenvalue weighted by Crippen LogP contribution is -2.36. The summed E-state index contributed by atoms with van der Waals surface area (Å²) >= 11 is 0. The van der Waals surface area contributed by atoms with Gasteiger partial charge >= 0.3 is 0 Å². The molecule has 5 nitrogen and oxygen atoms in total. The Morgan fingerprint density at radius 3 is 2.56 bits per heavy atom. The highest BCUT2D eigenvalue weighted by atomic mass is 32.2. The SMILES string of the molecule is Cc1cccc(S(=O)(=O)N2CCc3cc(N4CCOCC4)ccc32)c1. The molecular formula is C19H22N2O3S. The number of aryl methyl sites for hydroxylation is 1. The molecule has 0 unspecified atom stereocenters. The number of benzene rings is 2. The van der Waals surface area contributed by atoms with E-state index in [1.54, 1.807) is 22.5 Å². The second-order valence-electron chi connectivity index (χ2n) is 6.56. The Morgan fingerprint density at radius 2 is 1.80 bits per heavy atom. The van der Waals surface area contributed by atoms with Crippen LogP contribution in [0.5, 0.6) is 0 Å². The molecule has 25 heavy (non-hydrogen) atoms. The van der Waals surface area contributed by atoms with Crippen molar-refractivity contribution in [2.75, 3.05) is 42.1 Å². The maximum absolute atomic E-state index is 13.0. The molecule has 2 aliphatic rings. The van der Waals surface area contributed by atoms with Gasteiger partial charge in [-0.05, 0) is 54.8 Å². The summed E-state index contributed by atoms with van der Waals surface area (Å²) in [5.74, 6) is 0. The fourth-order valence-corrected chi connectivity index (χ4v) is 5.14. The largest absolute Gasteiger partial charge is 0.378 e. The van der Waals surface area contributed by atoms with E-state index in [-0.39, 0.29) is 0 Å². The zero-order valence-corrected chi connectivity index (χ0v) is 15.1. The van der Waals surface area contributed by atoms with Gasteiger partial charge in [0.15, 0.2) is 0 Å². The molecule has 0 aliphatic carbocycles. The van der Waals surface area contributed by atoms with Gasteiger partial charge in [-0.15, -0.1) is 0 Å². The number of hydrogen-bond donors (Lipinski definition) is 0. The van der Waals surface area contributed by atoms with Crippen molar-refractivity contribution in [3.05, 3.63) is 53.6 Å². The quantitative estimate of drug-likeness (QED) is 0.846. The predicted octanol–water partition coefficient (Wildman–Crippen LogP) is 2.58. The molecule has 0 amide bonds. The highest BCUT2D eigenvalue weighted by Crippen LogP contribution is 2.35. The third-order valence-corrected chi connectivity index (χ3v) is 6.68. The van der Waals surface area contributed by atoms with Gasteiger partial charge in [-0.2, -0.15) is 0 Å². The van der Waals surface area contributed by atoms with E-state index >= 15 is 0 Å². The molecule has 2 aliphatic heterocycles. The van der Waals surface area contributed by atoms with E-state index in [1.807, 2.05) is 25.1 Å². The smallest absolute Gasteiger partial charge is 0.264 e. The highest BCUT2D eigenvalue weighted by Gasteiger charge is 2.31. The van der Waals surface area contributed by atoms with Crippen LogP contribution >= 0.6 is 0 Å². The lowest BCUT2D eigenvalue weighted by atomic mass is 10.1. The summed E-state index contributed by atoms with van der Waals surface area (Å²) < 4.78 is 33.0. The van der Waals surface area contributed by atoms with Crippen LogP contribution in [-0.2, 0) is 21.2 Å². The average Bonchev–Trinajstić information content (AvgIpc) is 3.06. The van der Waals surface area contributed by atoms with E-state index in [1.165, 1.54) is 0 Å². The van der Waals surface area contributed by atoms with Crippen molar-refractivity contribution < 1.29 is 13.2 Å². The molecule has 0 spiro atoms. The molecule has 0 N–H and O–H groups in total.